The standard InChI is InChI=1S/C19H14ClN3O2/c1-10(24)21-18-15(11-5-3-2-4-6-11)17-16(23-19(18)25)13-9-12(20)7-8-14(13)22-17/h2-9,22H,1H3,(H,21,24)(H,23,25). The lowest BCUT2D eigenvalue weighted by Gasteiger charge is -2.11. The Kier molecular flexibility index (Phi) is 3.58. The van der Waals surface area contributed by atoms with Crippen molar-refractivity contribution in [3.63, 3.8) is 0 Å². The Morgan fingerprint density at radius 2 is 1.80 bits per heavy atom. The lowest BCUT2D eigenvalue weighted by molar-refractivity contribution is -0.114. The van der Waals surface area contributed by atoms with Gasteiger partial charge in [-0.3, -0.25) is 9.59 Å². The number of amides is 1. The molecule has 5 nitrogen and oxygen atoms in total. The second kappa shape index (κ2) is 5.79. The summed E-state index contributed by atoms with van der Waals surface area (Å²) >= 11 is 6.11. The van der Waals surface area contributed by atoms with Gasteiger partial charge < -0.3 is 15.3 Å². The van der Waals surface area contributed by atoms with Crippen LogP contribution in [0.25, 0.3) is 33.1 Å². The Balaban J connectivity index is 2.18. The molecular weight excluding hydrogens is 338 g/mol. The van der Waals surface area contributed by atoms with Crippen LogP contribution >= 0.6 is 11.6 Å². The highest BCUT2D eigenvalue weighted by molar-refractivity contribution is 6.32. The van der Waals surface area contributed by atoms with Gasteiger partial charge in [0.2, 0.25) is 5.91 Å². The predicted octanol–water partition coefficient (Wildman–Crippen LogP) is 4.29. The molecule has 6 heteroatoms. The monoisotopic (exact) mass is 351 g/mol. The Labute approximate surface area is 147 Å². The van der Waals surface area contributed by atoms with Gasteiger partial charge in [0.25, 0.3) is 5.56 Å². The molecule has 0 spiro atoms. The first-order valence-electron chi connectivity index (χ1n) is 7.75. The average molecular weight is 352 g/mol. The van der Waals surface area contributed by atoms with Gasteiger partial charge in [-0.05, 0) is 23.8 Å². The van der Waals surface area contributed by atoms with Crippen molar-refractivity contribution < 1.29 is 4.79 Å². The minimum atomic E-state index is -0.359. The third-order valence-corrected chi connectivity index (χ3v) is 4.32. The maximum absolute atomic E-state index is 12.7. The van der Waals surface area contributed by atoms with Crippen molar-refractivity contribution in [2.75, 3.05) is 5.32 Å². The van der Waals surface area contributed by atoms with Crippen molar-refractivity contribution in [3.05, 3.63) is 63.9 Å². The van der Waals surface area contributed by atoms with Crippen LogP contribution in [0.15, 0.2) is 53.3 Å². The normalized spacial score (nSPS) is 11.1. The van der Waals surface area contributed by atoms with Crippen molar-refractivity contribution in [1.29, 1.82) is 0 Å². The summed E-state index contributed by atoms with van der Waals surface area (Å²) in [6.07, 6.45) is 0. The van der Waals surface area contributed by atoms with Crippen molar-refractivity contribution in [3.8, 4) is 11.1 Å². The molecule has 4 aromatic rings. The van der Waals surface area contributed by atoms with Crippen molar-refractivity contribution >= 4 is 45.1 Å². The number of aromatic amines is 2. The van der Waals surface area contributed by atoms with Gasteiger partial charge in [0, 0.05) is 28.4 Å². The van der Waals surface area contributed by atoms with E-state index in [1.54, 1.807) is 12.1 Å². The molecule has 25 heavy (non-hydrogen) atoms. The third-order valence-electron chi connectivity index (χ3n) is 4.09. The molecule has 124 valence electrons. The molecule has 0 fully saturated rings. The number of halogens is 1. The number of aromatic nitrogens is 2. The lowest BCUT2D eigenvalue weighted by Crippen LogP contribution is -2.18. The number of carbonyl (C=O) groups is 1. The molecule has 4 rings (SSSR count). The highest BCUT2D eigenvalue weighted by Crippen LogP contribution is 2.35. The molecular formula is C19H14ClN3O2. The van der Waals surface area contributed by atoms with Gasteiger partial charge >= 0.3 is 0 Å². The van der Waals surface area contributed by atoms with Crippen LogP contribution in [-0.2, 0) is 4.79 Å². The van der Waals surface area contributed by atoms with Gasteiger partial charge in [0.05, 0.1) is 11.0 Å². The maximum Gasteiger partial charge on any atom is 0.272 e. The molecule has 0 aliphatic carbocycles. The first kappa shape index (κ1) is 15.5. The Morgan fingerprint density at radius 3 is 2.52 bits per heavy atom. The number of anilines is 1. The molecule has 0 atom stereocenters. The zero-order valence-electron chi connectivity index (χ0n) is 13.3. The van der Waals surface area contributed by atoms with E-state index >= 15 is 0 Å². The molecule has 0 radical (unpaired) electrons. The van der Waals surface area contributed by atoms with E-state index in [2.05, 4.69) is 15.3 Å². The van der Waals surface area contributed by atoms with Gasteiger partial charge in [0.15, 0.2) is 0 Å². The van der Waals surface area contributed by atoms with E-state index in [0.717, 1.165) is 22.0 Å². The Morgan fingerprint density at radius 1 is 1.04 bits per heavy atom. The van der Waals surface area contributed by atoms with Crippen LogP contribution < -0.4 is 10.9 Å². The average Bonchev–Trinajstić information content (AvgIpc) is 2.93. The maximum atomic E-state index is 12.7. The van der Waals surface area contributed by atoms with Crippen LogP contribution in [0.2, 0.25) is 5.02 Å². The van der Waals surface area contributed by atoms with Crippen molar-refractivity contribution in [2.24, 2.45) is 0 Å². The molecule has 3 N–H and O–H groups in total. The minimum Gasteiger partial charge on any atom is -0.353 e. The minimum absolute atomic E-state index is 0.226. The van der Waals surface area contributed by atoms with E-state index in [1.807, 2.05) is 36.4 Å². The van der Waals surface area contributed by atoms with Crippen LogP contribution in [0.5, 0.6) is 0 Å². The van der Waals surface area contributed by atoms with E-state index in [9.17, 15) is 9.59 Å². The number of H-pyrrole nitrogens is 2. The number of carbonyl (C=O) groups excluding carboxylic acids is 1. The first-order valence-corrected chi connectivity index (χ1v) is 8.12. The fourth-order valence-electron chi connectivity index (χ4n) is 3.08. The van der Waals surface area contributed by atoms with Crippen molar-refractivity contribution in [1.82, 2.24) is 9.97 Å². The highest BCUT2D eigenvalue weighted by Gasteiger charge is 2.18. The fourth-order valence-corrected chi connectivity index (χ4v) is 3.26. The van der Waals surface area contributed by atoms with Crippen molar-refractivity contribution in [2.45, 2.75) is 6.92 Å². The van der Waals surface area contributed by atoms with Crippen LogP contribution in [0, 0.1) is 0 Å². The number of nitrogens with one attached hydrogen (secondary N) is 3. The van der Waals surface area contributed by atoms with E-state index in [-0.39, 0.29) is 17.2 Å². The predicted molar refractivity (Wildman–Crippen MR) is 101 cm³/mol. The molecule has 0 aliphatic heterocycles. The summed E-state index contributed by atoms with van der Waals surface area (Å²) in [4.78, 5) is 30.5. The summed E-state index contributed by atoms with van der Waals surface area (Å²) in [5.41, 5.74) is 3.61. The van der Waals surface area contributed by atoms with Crippen LogP contribution in [0.1, 0.15) is 6.92 Å². The SMILES string of the molecule is CC(=O)Nc1c(-c2ccccc2)c2[nH]c3ccc(Cl)cc3c2[nH]c1=O. The number of rotatable bonds is 2. The summed E-state index contributed by atoms with van der Waals surface area (Å²) in [6, 6.07) is 14.9. The van der Waals surface area contributed by atoms with Gasteiger partial charge in [-0.1, -0.05) is 41.9 Å². The van der Waals surface area contributed by atoms with E-state index < -0.39 is 0 Å². The highest BCUT2D eigenvalue weighted by atomic mass is 35.5. The molecule has 2 aromatic heterocycles. The van der Waals surface area contributed by atoms with Crippen LogP contribution in [-0.4, -0.2) is 15.9 Å². The van der Waals surface area contributed by atoms with E-state index in [0.29, 0.717) is 16.1 Å². The number of fused-ring (bicyclic) bond motifs is 3. The molecule has 0 aliphatic rings. The van der Waals surface area contributed by atoms with E-state index in [4.69, 9.17) is 11.6 Å². The molecule has 0 saturated carbocycles. The Bertz CT molecular complexity index is 1180. The van der Waals surface area contributed by atoms with Gasteiger partial charge in [-0.25, -0.2) is 0 Å². The van der Waals surface area contributed by atoms with Gasteiger partial charge in [-0.15, -0.1) is 0 Å². The molecule has 0 unspecified atom stereocenters. The van der Waals surface area contributed by atoms with Gasteiger partial charge in [-0.2, -0.15) is 0 Å². The summed E-state index contributed by atoms with van der Waals surface area (Å²) in [5, 5.41) is 4.07. The summed E-state index contributed by atoms with van der Waals surface area (Å²) in [5.74, 6) is -0.304. The summed E-state index contributed by atoms with van der Waals surface area (Å²) in [6.45, 7) is 1.38. The number of pyridine rings is 1. The van der Waals surface area contributed by atoms with Crippen LogP contribution in [0.3, 0.4) is 0 Å². The second-order valence-electron chi connectivity index (χ2n) is 5.82. The molecule has 0 saturated heterocycles. The topological polar surface area (TPSA) is 77.8 Å². The first-order chi connectivity index (χ1) is 12.0. The Hall–Kier alpha value is -3.05. The third kappa shape index (κ3) is 2.58. The molecule has 1 amide bonds. The molecule has 0 bridgehead atoms. The quantitative estimate of drug-likeness (QED) is 0.504. The number of hydrogen-bond donors (Lipinski definition) is 3. The summed E-state index contributed by atoms with van der Waals surface area (Å²) < 4.78 is 0. The largest absolute Gasteiger partial charge is 0.353 e. The summed E-state index contributed by atoms with van der Waals surface area (Å²) in [7, 11) is 0. The number of hydrogen-bond acceptors (Lipinski definition) is 2. The number of benzene rings is 2. The molecule has 2 aromatic carbocycles. The van der Waals surface area contributed by atoms with Gasteiger partial charge in [0.1, 0.15) is 5.69 Å². The fraction of sp³-hybridized carbons (Fsp3) is 0.0526. The van der Waals surface area contributed by atoms with E-state index in [1.165, 1.54) is 6.92 Å². The smallest absolute Gasteiger partial charge is 0.272 e. The zero-order valence-corrected chi connectivity index (χ0v) is 14.1. The second-order valence-corrected chi connectivity index (χ2v) is 6.25. The lowest BCUT2D eigenvalue weighted by atomic mass is 10.0. The van der Waals surface area contributed by atoms with Crippen LogP contribution in [0.4, 0.5) is 5.69 Å². The molecule has 2 heterocycles. The zero-order chi connectivity index (χ0) is 17.6.